The summed E-state index contributed by atoms with van der Waals surface area (Å²) in [6.07, 6.45) is 8.08. The van der Waals surface area contributed by atoms with E-state index in [-0.39, 0.29) is 17.0 Å². The molecule has 1 aromatic carbocycles. The van der Waals surface area contributed by atoms with Crippen LogP contribution in [0.1, 0.15) is 50.5 Å². The van der Waals surface area contributed by atoms with Gasteiger partial charge >= 0.3 is 0 Å². The number of anilines is 1. The zero-order chi connectivity index (χ0) is 16.9. The van der Waals surface area contributed by atoms with Crippen molar-refractivity contribution in [2.45, 2.75) is 51.9 Å². The Hall–Kier alpha value is -1.91. The Kier molecular flexibility index (Phi) is 3.62. The first-order valence-corrected chi connectivity index (χ1v) is 8.97. The molecule has 1 amide bonds. The summed E-state index contributed by atoms with van der Waals surface area (Å²) in [4.78, 5) is 23.4. The van der Waals surface area contributed by atoms with Crippen LogP contribution in [0.5, 0.6) is 0 Å². The van der Waals surface area contributed by atoms with Gasteiger partial charge in [0.1, 0.15) is 5.69 Å². The Morgan fingerprint density at radius 3 is 2.33 bits per heavy atom. The van der Waals surface area contributed by atoms with E-state index in [2.05, 4.69) is 5.32 Å². The van der Waals surface area contributed by atoms with Gasteiger partial charge in [-0.2, -0.15) is 0 Å². The van der Waals surface area contributed by atoms with Crippen molar-refractivity contribution in [3.05, 3.63) is 33.9 Å². The Labute approximate surface area is 142 Å². The van der Waals surface area contributed by atoms with Crippen molar-refractivity contribution >= 4 is 17.3 Å². The number of benzene rings is 1. The molecule has 4 bridgehead atoms. The number of nitrogens with zero attached hydrogens (tertiary/aromatic N) is 1. The lowest BCUT2D eigenvalue weighted by atomic mass is 9.49. The fraction of sp³-hybridized carbons (Fsp3) is 0.632. The lowest BCUT2D eigenvalue weighted by Gasteiger charge is -2.56. The van der Waals surface area contributed by atoms with E-state index >= 15 is 0 Å². The summed E-state index contributed by atoms with van der Waals surface area (Å²) in [5.41, 5.74) is 1.27. The van der Waals surface area contributed by atoms with Crippen LogP contribution >= 0.6 is 0 Å². The van der Waals surface area contributed by atoms with Crippen molar-refractivity contribution in [3.63, 3.8) is 0 Å². The molecule has 4 aliphatic carbocycles. The molecule has 24 heavy (non-hydrogen) atoms. The van der Waals surface area contributed by atoms with E-state index in [1.165, 1.54) is 44.6 Å². The number of aryl methyl sites for hydroxylation is 1. The summed E-state index contributed by atoms with van der Waals surface area (Å²) in [7, 11) is 0. The molecule has 5 nitrogen and oxygen atoms in total. The van der Waals surface area contributed by atoms with Gasteiger partial charge in [-0.1, -0.05) is 6.07 Å². The van der Waals surface area contributed by atoms with Crippen LogP contribution in [0.15, 0.2) is 18.2 Å². The molecular weight excluding hydrogens is 304 g/mol. The Balaban J connectivity index is 1.49. The van der Waals surface area contributed by atoms with Crippen LogP contribution in [0.2, 0.25) is 0 Å². The molecule has 0 atom stereocenters. The van der Waals surface area contributed by atoms with E-state index in [0.717, 1.165) is 23.3 Å². The zero-order valence-electron chi connectivity index (χ0n) is 14.1. The first-order valence-electron chi connectivity index (χ1n) is 8.97. The first-order chi connectivity index (χ1) is 11.4. The summed E-state index contributed by atoms with van der Waals surface area (Å²) in [5.74, 6) is 2.34. The minimum Gasteiger partial charge on any atom is -0.320 e. The van der Waals surface area contributed by atoms with Crippen molar-refractivity contribution in [2.75, 3.05) is 5.32 Å². The second-order valence-electron chi connectivity index (χ2n) is 8.42. The van der Waals surface area contributed by atoms with E-state index < -0.39 is 4.92 Å². The molecule has 4 aliphatic rings. The molecule has 4 fully saturated rings. The smallest absolute Gasteiger partial charge is 0.293 e. The zero-order valence-corrected chi connectivity index (χ0v) is 14.1. The summed E-state index contributed by atoms with van der Waals surface area (Å²) < 4.78 is 0. The van der Waals surface area contributed by atoms with Crippen molar-refractivity contribution in [1.82, 2.24) is 0 Å². The standard InChI is InChI=1S/C19H24N2O3/c1-12-2-3-16(17(4-12)21(23)24)20-18(22)11-19-8-13-5-14(9-19)7-15(6-13)10-19/h2-4,13-15H,5-11H2,1H3,(H,20,22). The third-order valence-corrected chi connectivity index (χ3v) is 6.32. The molecule has 0 spiro atoms. The Morgan fingerprint density at radius 2 is 1.79 bits per heavy atom. The van der Waals surface area contributed by atoms with Gasteiger partial charge in [0.05, 0.1) is 4.92 Å². The molecule has 0 aromatic heterocycles. The van der Waals surface area contributed by atoms with Crippen molar-refractivity contribution in [3.8, 4) is 0 Å². The molecule has 0 radical (unpaired) electrons. The third kappa shape index (κ3) is 2.80. The van der Waals surface area contributed by atoms with Gasteiger partial charge in [-0.05, 0) is 80.2 Å². The monoisotopic (exact) mass is 328 g/mol. The lowest BCUT2D eigenvalue weighted by molar-refractivity contribution is -0.384. The topological polar surface area (TPSA) is 72.2 Å². The summed E-state index contributed by atoms with van der Waals surface area (Å²) >= 11 is 0. The maximum atomic E-state index is 12.6. The highest BCUT2D eigenvalue weighted by atomic mass is 16.6. The Bertz CT molecular complexity index is 663. The quantitative estimate of drug-likeness (QED) is 0.655. The molecule has 0 heterocycles. The predicted molar refractivity (Wildman–Crippen MR) is 91.7 cm³/mol. The van der Waals surface area contributed by atoms with E-state index in [1.54, 1.807) is 12.1 Å². The van der Waals surface area contributed by atoms with Crippen LogP contribution in [0.4, 0.5) is 11.4 Å². The largest absolute Gasteiger partial charge is 0.320 e. The fourth-order valence-corrected chi connectivity index (χ4v) is 5.94. The molecule has 0 aliphatic heterocycles. The van der Waals surface area contributed by atoms with Gasteiger partial charge in [-0.3, -0.25) is 14.9 Å². The van der Waals surface area contributed by atoms with Crippen LogP contribution in [0, 0.1) is 40.2 Å². The van der Waals surface area contributed by atoms with Gasteiger partial charge in [0.25, 0.3) is 5.69 Å². The summed E-state index contributed by atoms with van der Waals surface area (Å²) in [6.45, 7) is 1.81. The summed E-state index contributed by atoms with van der Waals surface area (Å²) in [6, 6.07) is 4.96. The maximum Gasteiger partial charge on any atom is 0.293 e. The van der Waals surface area contributed by atoms with E-state index in [1.807, 2.05) is 6.92 Å². The van der Waals surface area contributed by atoms with Crippen molar-refractivity contribution < 1.29 is 9.72 Å². The number of nitro groups is 1. The van der Waals surface area contributed by atoms with Gasteiger partial charge < -0.3 is 5.32 Å². The second kappa shape index (κ2) is 5.57. The lowest BCUT2D eigenvalue weighted by Crippen LogP contribution is -2.47. The van der Waals surface area contributed by atoms with Gasteiger partial charge in [0.15, 0.2) is 0 Å². The van der Waals surface area contributed by atoms with Crippen molar-refractivity contribution in [1.29, 1.82) is 0 Å². The normalized spacial score (nSPS) is 33.5. The number of hydrogen-bond acceptors (Lipinski definition) is 3. The highest BCUT2D eigenvalue weighted by Gasteiger charge is 2.51. The molecular formula is C19H24N2O3. The van der Waals surface area contributed by atoms with Gasteiger partial charge in [0, 0.05) is 12.5 Å². The van der Waals surface area contributed by atoms with E-state index in [9.17, 15) is 14.9 Å². The number of nitrogens with one attached hydrogen (secondary N) is 1. The molecule has 1 N–H and O–H groups in total. The average Bonchev–Trinajstić information content (AvgIpc) is 2.46. The number of amides is 1. The second-order valence-corrected chi connectivity index (χ2v) is 8.42. The average molecular weight is 328 g/mol. The van der Waals surface area contributed by atoms with Gasteiger partial charge in [-0.15, -0.1) is 0 Å². The van der Waals surface area contributed by atoms with E-state index in [4.69, 9.17) is 0 Å². The third-order valence-electron chi connectivity index (χ3n) is 6.32. The molecule has 5 rings (SSSR count). The molecule has 0 saturated heterocycles. The number of hydrogen-bond donors (Lipinski definition) is 1. The fourth-order valence-electron chi connectivity index (χ4n) is 5.94. The molecule has 4 saturated carbocycles. The van der Waals surface area contributed by atoms with Crippen LogP contribution in [0.25, 0.3) is 0 Å². The molecule has 5 heteroatoms. The van der Waals surface area contributed by atoms with Crippen LogP contribution in [-0.2, 0) is 4.79 Å². The Morgan fingerprint density at radius 1 is 1.21 bits per heavy atom. The highest BCUT2D eigenvalue weighted by Crippen LogP contribution is 2.61. The van der Waals surface area contributed by atoms with Crippen molar-refractivity contribution in [2.24, 2.45) is 23.2 Å². The highest BCUT2D eigenvalue weighted by molar-refractivity contribution is 5.93. The molecule has 128 valence electrons. The van der Waals surface area contributed by atoms with Gasteiger partial charge in [-0.25, -0.2) is 0 Å². The number of carbonyl (C=O) groups excluding carboxylic acids is 1. The number of rotatable bonds is 4. The van der Waals surface area contributed by atoms with Crippen LogP contribution in [0.3, 0.4) is 0 Å². The number of nitro benzene ring substituents is 1. The van der Waals surface area contributed by atoms with Crippen LogP contribution in [-0.4, -0.2) is 10.8 Å². The van der Waals surface area contributed by atoms with Gasteiger partial charge in [0.2, 0.25) is 5.91 Å². The number of carbonyl (C=O) groups is 1. The minimum atomic E-state index is -0.423. The first kappa shape index (κ1) is 15.6. The minimum absolute atomic E-state index is 0.0196. The molecule has 1 aromatic rings. The van der Waals surface area contributed by atoms with E-state index in [0.29, 0.717) is 12.1 Å². The summed E-state index contributed by atoms with van der Waals surface area (Å²) in [5, 5.41) is 14.0. The molecule has 0 unspecified atom stereocenters. The SMILES string of the molecule is Cc1ccc(NC(=O)CC23CC4CC(CC(C4)C2)C3)c([N+](=O)[O-])c1. The maximum absolute atomic E-state index is 12.6. The van der Waals surface area contributed by atoms with Crippen LogP contribution < -0.4 is 5.32 Å². The predicted octanol–water partition coefficient (Wildman–Crippen LogP) is 4.45.